The second-order valence-corrected chi connectivity index (χ2v) is 6.75. The molecular formula is C18H29NO. The van der Waals surface area contributed by atoms with Crippen LogP contribution in [0.5, 0.6) is 0 Å². The summed E-state index contributed by atoms with van der Waals surface area (Å²) in [5, 5.41) is 0. The van der Waals surface area contributed by atoms with E-state index in [1.54, 1.807) is 0 Å². The summed E-state index contributed by atoms with van der Waals surface area (Å²) in [6.07, 6.45) is 1.53. The van der Waals surface area contributed by atoms with E-state index < -0.39 is 0 Å². The van der Waals surface area contributed by atoms with Gasteiger partial charge >= 0.3 is 0 Å². The molecule has 0 spiro atoms. The Morgan fingerprint density at radius 1 is 1.05 bits per heavy atom. The minimum atomic E-state index is 0.176. The van der Waals surface area contributed by atoms with Crippen LogP contribution in [-0.2, 0) is 11.2 Å². The van der Waals surface area contributed by atoms with Crippen LogP contribution in [0.1, 0.15) is 51.7 Å². The van der Waals surface area contributed by atoms with Crippen LogP contribution >= 0.6 is 0 Å². The fourth-order valence-corrected chi connectivity index (χ4v) is 3.48. The maximum absolute atomic E-state index is 6.47. The Morgan fingerprint density at radius 3 is 2.10 bits per heavy atom. The van der Waals surface area contributed by atoms with E-state index in [4.69, 9.17) is 10.5 Å². The van der Waals surface area contributed by atoms with Crippen molar-refractivity contribution in [3.05, 3.63) is 35.4 Å². The third-order valence-electron chi connectivity index (χ3n) is 4.93. The minimum Gasteiger partial charge on any atom is -0.375 e. The van der Waals surface area contributed by atoms with Crippen molar-refractivity contribution in [3.63, 3.8) is 0 Å². The maximum atomic E-state index is 6.47. The monoisotopic (exact) mass is 275 g/mol. The lowest BCUT2D eigenvalue weighted by Crippen LogP contribution is -2.39. The molecule has 0 radical (unpaired) electrons. The predicted octanol–water partition coefficient (Wildman–Crippen LogP) is 3.74. The van der Waals surface area contributed by atoms with Gasteiger partial charge in [0.2, 0.25) is 0 Å². The molecule has 20 heavy (non-hydrogen) atoms. The summed E-state index contributed by atoms with van der Waals surface area (Å²) in [6.45, 7) is 11.0. The Bertz CT molecular complexity index is 426. The van der Waals surface area contributed by atoms with Crippen molar-refractivity contribution in [3.8, 4) is 0 Å². The maximum Gasteiger partial charge on any atom is 0.0597 e. The van der Waals surface area contributed by atoms with Gasteiger partial charge in [-0.05, 0) is 43.2 Å². The van der Waals surface area contributed by atoms with Gasteiger partial charge in [-0.3, -0.25) is 0 Å². The molecule has 0 bridgehead atoms. The zero-order chi connectivity index (χ0) is 14.9. The molecule has 5 atom stereocenters. The van der Waals surface area contributed by atoms with E-state index >= 15 is 0 Å². The van der Waals surface area contributed by atoms with Gasteiger partial charge in [0.05, 0.1) is 12.2 Å². The first-order valence-electron chi connectivity index (χ1n) is 7.90. The van der Waals surface area contributed by atoms with Gasteiger partial charge in [-0.1, -0.05) is 45.0 Å². The molecule has 2 N–H and O–H groups in total. The van der Waals surface area contributed by atoms with E-state index in [1.807, 2.05) is 0 Å². The van der Waals surface area contributed by atoms with Crippen molar-refractivity contribution < 1.29 is 4.74 Å². The molecule has 1 aromatic rings. The van der Waals surface area contributed by atoms with Crippen molar-refractivity contribution in [1.82, 2.24) is 0 Å². The molecule has 0 amide bonds. The zero-order valence-corrected chi connectivity index (χ0v) is 13.5. The van der Waals surface area contributed by atoms with Crippen LogP contribution in [0.25, 0.3) is 0 Å². The van der Waals surface area contributed by atoms with Gasteiger partial charge in [0.15, 0.2) is 0 Å². The Balaban J connectivity index is 2.02. The van der Waals surface area contributed by atoms with Crippen LogP contribution in [0.3, 0.4) is 0 Å². The van der Waals surface area contributed by atoms with Crippen molar-refractivity contribution in [1.29, 1.82) is 0 Å². The molecule has 5 unspecified atom stereocenters. The largest absolute Gasteiger partial charge is 0.375 e. The van der Waals surface area contributed by atoms with Crippen LogP contribution in [0, 0.1) is 11.8 Å². The SMILES string of the molecule is CC(C)c1ccc(CC(N)C2C(C)OC(C)C2C)cc1. The molecule has 1 aliphatic heterocycles. The van der Waals surface area contributed by atoms with Gasteiger partial charge in [-0.25, -0.2) is 0 Å². The molecule has 1 aromatic carbocycles. The second kappa shape index (κ2) is 6.28. The second-order valence-electron chi connectivity index (χ2n) is 6.75. The third-order valence-corrected chi connectivity index (χ3v) is 4.93. The lowest BCUT2D eigenvalue weighted by molar-refractivity contribution is 0.0490. The molecule has 0 aromatic heterocycles. The van der Waals surface area contributed by atoms with E-state index in [9.17, 15) is 0 Å². The highest BCUT2D eigenvalue weighted by Crippen LogP contribution is 2.34. The summed E-state index contributed by atoms with van der Waals surface area (Å²) in [5.41, 5.74) is 9.20. The molecule has 1 aliphatic rings. The number of rotatable bonds is 4. The normalized spacial score (nSPS) is 31.8. The highest BCUT2D eigenvalue weighted by Gasteiger charge is 2.40. The summed E-state index contributed by atoms with van der Waals surface area (Å²) in [7, 11) is 0. The van der Waals surface area contributed by atoms with E-state index in [0.717, 1.165) is 6.42 Å². The van der Waals surface area contributed by atoms with E-state index in [1.165, 1.54) is 11.1 Å². The van der Waals surface area contributed by atoms with Gasteiger partial charge in [0.1, 0.15) is 0 Å². The average molecular weight is 275 g/mol. The van der Waals surface area contributed by atoms with Gasteiger partial charge in [-0.15, -0.1) is 0 Å². The van der Waals surface area contributed by atoms with Crippen molar-refractivity contribution in [2.45, 2.75) is 65.2 Å². The van der Waals surface area contributed by atoms with Gasteiger partial charge in [0.25, 0.3) is 0 Å². The van der Waals surface area contributed by atoms with Crippen LogP contribution in [0.15, 0.2) is 24.3 Å². The molecule has 1 heterocycles. The molecule has 2 nitrogen and oxygen atoms in total. The van der Waals surface area contributed by atoms with Crippen LogP contribution in [-0.4, -0.2) is 18.2 Å². The first-order chi connectivity index (χ1) is 9.40. The molecule has 112 valence electrons. The van der Waals surface area contributed by atoms with Gasteiger partial charge in [-0.2, -0.15) is 0 Å². The Kier molecular flexibility index (Phi) is 4.87. The van der Waals surface area contributed by atoms with E-state index in [0.29, 0.717) is 23.9 Å². The van der Waals surface area contributed by atoms with E-state index in [2.05, 4.69) is 58.9 Å². The first-order valence-corrected chi connectivity index (χ1v) is 7.90. The minimum absolute atomic E-state index is 0.176. The molecule has 2 heteroatoms. The number of hydrogen-bond acceptors (Lipinski definition) is 2. The van der Waals surface area contributed by atoms with Crippen molar-refractivity contribution in [2.24, 2.45) is 17.6 Å². The van der Waals surface area contributed by atoms with Gasteiger partial charge < -0.3 is 10.5 Å². The zero-order valence-electron chi connectivity index (χ0n) is 13.5. The smallest absolute Gasteiger partial charge is 0.0597 e. The van der Waals surface area contributed by atoms with Gasteiger partial charge in [0, 0.05) is 12.0 Å². The summed E-state index contributed by atoms with van der Waals surface area (Å²) in [4.78, 5) is 0. The van der Waals surface area contributed by atoms with E-state index in [-0.39, 0.29) is 12.1 Å². The Hall–Kier alpha value is -0.860. The number of benzene rings is 1. The number of ether oxygens (including phenoxy) is 1. The topological polar surface area (TPSA) is 35.2 Å². The summed E-state index contributed by atoms with van der Waals surface area (Å²) >= 11 is 0. The first kappa shape index (κ1) is 15.5. The lowest BCUT2D eigenvalue weighted by atomic mass is 9.81. The summed E-state index contributed by atoms with van der Waals surface area (Å²) in [5.74, 6) is 1.58. The molecule has 0 aliphatic carbocycles. The number of hydrogen-bond donors (Lipinski definition) is 1. The Morgan fingerprint density at radius 2 is 1.65 bits per heavy atom. The molecular weight excluding hydrogens is 246 g/mol. The Labute approximate surface area is 123 Å². The summed E-state index contributed by atoms with van der Waals surface area (Å²) < 4.78 is 5.92. The average Bonchev–Trinajstić information content (AvgIpc) is 2.63. The van der Waals surface area contributed by atoms with Crippen LogP contribution in [0.4, 0.5) is 0 Å². The van der Waals surface area contributed by atoms with Crippen molar-refractivity contribution in [2.75, 3.05) is 0 Å². The fraction of sp³-hybridized carbons (Fsp3) is 0.667. The summed E-state index contributed by atoms with van der Waals surface area (Å²) in [6, 6.07) is 9.09. The van der Waals surface area contributed by atoms with Crippen molar-refractivity contribution >= 4 is 0 Å². The molecule has 1 saturated heterocycles. The fourth-order valence-electron chi connectivity index (χ4n) is 3.48. The highest BCUT2D eigenvalue weighted by molar-refractivity contribution is 5.25. The quantitative estimate of drug-likeness (QED) is 0.908. The molecule has 1 fully saturated rings. The highest BCUT2D eigenvalue weighted by atomic mass is 16.5. The predicted molar refractivity (Wildman–Crippen MR) is 84.9 cm³/mol. The standard InChI is InChI=1S/C18H29NO/c1-11(2)16-8-6-15(7-9-16)10-17(19)18-12(3)13(4)20-14(18)5/h6-9,11-14,17-18H,10,19H2,1-5H3. The van der Waals surface area contributed by atoms with Crippen LogP contribution in [0.2, 0.25) is 0 Å². The molecule has 0 saturated carbocycles. The van der Waals surface area contributed by atoms with Crippen LogP contribution < -0.4 is 5.73 Å². The number of nitrogens with two attached hydrogens (primary N) is 1. The lowest BCUT2D eigenvalue weighted by Gasteiger charge is -2.26. The molecule has 2 rings (SSSR count). The third kappa shape index (κ3) is 3.24.